The summed E-state index contributed by atoms with van der Waals surface area (Å²) >= 11 is 0. The third-order valence-electron chi connectivity index (χ3n) is 4.44. The molecule has 0 radical (unpaired) electrons. The molecule has 3 aliphatic rings. The van der Waals surface area contributed by atoms with Crippen molar-refractivity contribution in [1.82, 2.24) is 10.2 Å². The lowest BCUT2D eigenvalue weighted by Gasteiger charge is -2.26. The Morgan fingerprint density at radius 3 is 2.78 bits per heavy atom. The minimum Gasteiger partial charge on any atom is -0.381 e. The molecule has 0 spiro atoms. The van der Waals surface area contributed by atoms with Crippen LogP contribution >= 0.6 is 0 Å². The van der Waals surface area contributed by atoms with Crippen LogP contribution in [0.25, 0.3) is 0 Å². The van der Waals surface area contributed by atoms with Gasteiger partial charge in [0.1, 0.15) is 6.04 Å². The number of rotatable bonds is 4. The molecule has 2 aliphatic heterocycles. The van der Waals surface area contributed by atoms with Gasteiger partial charge < -0.3 is 15.0 Å². The Kier molecular flexibility index (Phi) is 3.01. The van der Waals surface area contributed by atoms with Gasteiger partial charge in [0.05, 0.1) is 13.2 Å². The van der Waals surface area contributed by atoms with E-state index in [1.807, 2.05) is 6.92 Å². The van der Waals surface area contributed by atoms with Gasteiger partial charge in [-0.1, -0.05) is 6.92 Å². The first-order valence-electron chi connectivity index (χ1n) is 6.90. The first kappa shape index (κ1) is 12.0. The Hall–Kier alpha value is -1.10. The molecule has 0 aromatic rings. The van der Waals surface area contributed by atoms with Crippen molar-refractivity contribution in [2.24, 2.45) is 11.8 Å². The zero-order chi connectivity index (χ0) is 12.7. The van der Waals surface area contributed by atoms with E-state index >= 15 is 0 Å². The monoisotopic (exact) mass is 252 g/mol. The molecule has 0 aromatic carbocycles. The summed E-state index contributed by atoms with van der Waals surface area (Å²) in [7, 11) is 0. The van der Waals surface area contributed by atoms with Gasteiger partial charge in [0, 0.05) is 30.8 Å². The van der Waals surface area contributed by atoms with E-state index in [0.29, 0.717) is 24.7 Å². The second-order valence-corrected chi connectivity index (χ2v) is 5.51. The maximum absolute atomic E-state index is 12.2. The predicted molar refractivity (Wildman–Crippen MR) is 64.8 cm³/mol. The average Bonchev–Trinajstić information content (AvgIpc) is 2.76. The van der Waals surface area contributed by atoms with E-state index in [2.05, 4.69) is 5.32 Å². The molecular formula is C13H20N2O3. The molecule has 3 rings (SSSR count). The summed E-state index contributed by atoms with van der Waals surface area (Å²) in [5, 5.41) is 3.09. The van der Waals surface area contributed by atoms with Crippen LogP contribution in [0.4, 0.5) is 0 Å². The van der Waals surface area contributed by atoms with Crippen molar-refractivity contribution in [2.45, 2.75) is 38.3 Å². The summed E-state index contributed by atoms with van der Waals surface area (Å²) in [6, 6.07) is 0.0141. The third kappa shape index (κ3) is 1.90. The largest absolute Gasteiger partial charge is 0.381 e. The Morgan fingerprint density at radius 2 is 2.22 bits per heavy atom. The Balaban J connectivity index is 1.58. The zero-order valence-corrected chi connectivity index (χ0v) is 10.7. The first-order valence-corrected chi connectivity index (χ1v) is 6.90. The fraction of sp³-hybridized carbons (Fsp3) is 0.846. The van der Waals surface area contributed by atoms with Crippen LogP contribution in [0.15, 0.2) is 0 Å². The highest BCUT2D eigenvalue weighted by Gasteiger charge is 2.55. The SMILES string of the molecule is CCC(C(=O)NC1[C@H]2COC[C@@H]12)N1CCCC1=O. The quantitative estimate of drug-likeness (QED) is 0.774. The standard InChI is InChI=1S/C13H20N2O3/c1-2-10(15-5-3-4-11(15)16)13(17)14-12-8-6-18-7-9(8)12/h8-10,12H,2-7H2,1H3,(H,14,17)/t8-,9+,10?,12?. The van der Waals surface area contributed by atoms with Crippen molar-refractivity contribution in [3.05, 3.63) is 0 Å². The normalized spacial score (nSPS) is 35.5. The maximum Gasteiger partial charge on any atom is 0.243 e. The third-order valence-corrected chi connectivity index (χ3v) is 4.44. The molecule has 5 nitrogen and oxygen atoms in total. The number of carbonyl (C=O) groups is 2. The van der Waals surface area contributed by atoms with Crippen molar-refractivity contribution >= 4 is 11.8 Å². The first-order chi connectivity index (χ1) is 8.72. The second kappa shape index (κ2) is 4.53. The van der Waals surface area contributed by atoms with Gasteiger partial charge in [0.15, 0.2) is 0 Å². The lowest BCUT2D eigenvalue weighted by molar-refractivity contribution is -0.137. The summed E-state index contributed by atoms with van der Waals surface area (Å²) in [5.74, 6) is 1.17. The van der Waals surface area contributed by atoms with Crippen LogP contribution in [0.5, 0.6) is 0 Å². The number of nitrogens with one attached hydrogen (secondary N) is 1. The number of hydrogen-bond donors (Lipinski definition) is 1. The Bertz CT molecular complexity index is 361. The van der Waals surface area contributed by atoms with E-state index in [-0.39, 0.29) is 23.9 Å². The summed E-state index contributed by atoms with van der Waals surface area (Å²) in [6.45, 7) is 4.24. The molecule has 18 heavy (non-hydrogen) atoms. The van der Waals surface area contributed by atoms with E-state index in [1.54, 1.807) is 4.90 Å². The molecule has 100 valence electrons. The Morgan fingerprint density at radius 1 is 1.50 bits per heavy atom. The molecule has 0 aromatic heterocycles. The van der Waals surface area contributed by atoms with Crippen molar-refractivity contribution in [1.29, 1.82) is 0 Å². The molecule has 5 heteroatoms. The van der Waals surface area contributed by atoms with Crippen LogP contribution in [0, 0.1) is 11.8 Å². The van der Waals surface area contributed by atoms with Gasteiger partial charge in [-0.2, -0.15) is 0 Å². The Labute approximate surface area is 107 Å². The van der Waals surface area contributed by atoms with E-state index in [0.717, 1.165) is 26.2 Å². The van der Waals surface area contributed by atoms with Gasteiger partial charge in [0.25, 0.3) is 0 Å². The van der Waals surface area contributed by atoms with Gasteiger partial charge in [-0.3, -0.25) is 9.59 Å². The fourth-order valence-corrected chi connectivity index (χ4v) is 3.26. The van der Waals surface area contributed by atoms with Crippen LogP contribution in [-0.2, 0) is 14.3 Å². The van der Waals surface area contributed by atoms with Gasteiger partial charge >= 0.3 is 0 Å². The van der Waals surface area contributed by atoms with Crippen LogP contribution in [0.1, 0.15) is 26.2 Å². The lowest BCUT2D eigenvalue weighted by Crippen LogP contribution is -2.48. The van der Waals surface area contributed by atoms with E-state index in [1.165, 1.54) is 0 Å². The molecule has 2 heterocycles. The second-order valence-electron chi connectivity index (χ2n) is 5.51. The van der Waals surface area contributed by atoms with E-state index in [9.17, 15) is 9.59 Å². The van der Waals surface area contributed by atoms with Crippen LogP contribution in [0.3, 0.4) is 0 Å². The zero-order valence-electron chi connectivity index (χ0n) is 10.7. The van der Waals surface area contributed by atoms with Gasteiger partial charge in [-0.05, 0) is 12.8 Å². The van der Waals surface area contributed by atoms with Crippen molar-refractivity contribution < 1.29 is 14.3 Å². The minimum absolute atomic E-state index is 0.0205. The van der Waals surface area contributed by atoms with E-state index in [4.69, 9.17) is 4.74 Å². The topological polar surface area (TPSA) is 58.6 Å². The van der Waals surface area contributed by atoms with Crippen molar-refractivity contribution in [2.75, 3.05) is 19.8 Å². The number of nitrogens with zero attached hydrogens (tertiary/aromatic N) is 1. The fourth-order valence-electron chi connectivity index (χ4n) is 3.26. The number of hydrogen-bond acceptors (Lipinski definition) is 3. The highest BCUT2D eigenvalue weighted by atomic mass is 16.5. The minimum atomic E-state index is -0.276. The number of amides is 2. The lowest BCUT2D eigenvalue weighted by atomic mass is 10.2. The maximum atomic E-state index is 12.2. The molecule has 2 amide bonds. The molecule has 1 saturated carbocycles. The van der Waals surface area contributed by atoms with Gasteiger partial charge in [0.2, 0.25) is 11.8 Å². The highest BCUT2D eigenvalue weighted by molar-refractivity contribution is 5.88. The highest BCUT2D eigenvalue weighted by Crippen LogP contribution is 2.44. The van der Waals surface area contributed by atoms with Gasteiger partial charge in [-0.15, -0.1) is 0 Å². The molecule has 2 saturated heterocycles. The number of likely N-dealkylation sites (tertiary alicyclic amines) is 1. The number of carbonyl (C=O) groups excluding carboxylic acids is 2. The average molecular weight is 252 g/mol. The summed E-state index contributed by atoms with van der Waals surface area (Å²) in [6.07, 6.45) is 2.16. The van der Waals surface area contributed by atoms with Crippen molar-refractivity contribution in [3.8, 4) is 0 Å². The van der Waals surface area contributed by atoms with Crippen LogP contribution in [-0.4, -0.2) is 48.6 Å². The van der Waals surface area contributed by atoms with Gasteiger partial charge in [-0.25, -0.2) is 0 Å². The van der Waals surface area contributed by atoms with E-state index < -0.39 is 0 Å². The smallest absolute Gasteiger partial charge is 0.243 e. The summed E-state index contributed by atoms with van der Waals surface area (Å²) < 4.78 is 5.31. The van der Waals surface area contributed by atoms with Crippen molar-refractivity contribution in [3.63, 3.8) is 0 Å². The summed E-state index contributed by atoms with van der Waals surface area (Å²) in [4.78, 5) is 25.7. The number of ether oxygens (including phenoxy) is 1. The molecule has 0 bridgehead atoms. The molecular weight excluding hydrogens is 232 g/mol. The molecule has 1 N–H and O–H groups in total. The van der Waals surface area contributed by atoms with Crippen LogP contribution < -0.4 is 5.32 Å². The molecule has 4 atom stereocenters. The molecule has 2 unspecified atom stereocenters. The van der Waals surface area contributed by atoms with Crippen LogP contribution in [0.2, 0.25) is 0 Å². The predicted octanol–water partition coefficient (Wildman–Crippen LogP) is 0.148. The molecule has 3 fully saturated rings. The molecule has 1 aliphatic carbocycles. The summed E-state index contributed by atoms with van der Waals surface area (Å²) in [5.41, 5.74) is 0. The number of fused-ring (bicyclic) bond motifs is 1.